The van der Waals surface area contributed by atoms with Gasteiger partial charge in [0.2, 0.25) is 5.91 Å². The molecule has 10 heteroatoms. The Morgan fingerprint density at radius 1 is 1.35 bits per heavy atom. The molecule has 5 nitrogen and oxygen atoms in total. The number of rotatable bonds is 4. The topological polar surface area (TPSA) is 61.4 Å². The number of halogens is 5. The third kappa shape index (κ3) is 3.76. The van der Waals surface area contributed by atoms with Gasteiger partial charge in [-0.15, -0.1) is 0 Å². The molecule has 1 fully saturated rings. The van der Waals surface area contributed by atoms with Crippen LogP contribution in [-0.4, -0.2) is 42.6 Å². The predicted molar refractivity (Wildman–Crippen MR) is 68.3 cm³/mol. The van der Waals surface area contributed by atoms with Crippen LogP contribution in [0.3, 0.4) is 0 Å². The number of hydrogen-bond acceptors (Lipinski definition) is 3. The van der Waals surface area contributed by atoms with Gasteiger partial charge in [-0.1, -0.05) is 12.1 Å². The fourth-order valence-corrected chi connectivity index (χ4v) is 2.14. The molecular weight excluding hydrogens is 325 g/mol. The number of imide groups is 1. The Balaban J connectivity index is 2.16. The Labute approximate surface area is 127 Å². The zero-order chi connectivity index (χ0) is 17.2. The zero-order valence-corrected chi connectivity index (χ0v) is 11.6. The fourth-order valence-electron chi connectivity index (χ4n) is 2.14. The van der Waals surface area contributed by atoms with Gasteiger partial charge in [0.15, 0.2) is 11.6 Å². The molecule has 0 spiro atoms. The second kappa shape index (κ2) is 6.49. The van der Waals surface area contributed by atoms with Gasteiger partial charge in [0.25, 0.3) is 0 Å². The van der Waals surface area contributed by atoms with E-state index in [1.807, 2.05) is 5.32 Å². The zero-order valence-electron chi connectivity index (χ0n) is 11.6. The molecule has 1 heterocycles. The molecule has 1 atom stereocenters. The first-order chi connectivity index (χ1) is 10.7. The first-order valence-corrected chi connectivity index (χ1v) is 6.54. The van der Waals surface area contributed by atoms with E-state index < -0.39 is 47.9 Å². The van der Waals surface area contributed by atoms with E-state index in [1.54, 1.807) is 0 Å². The van der Waals surface area contributed by atoms with Gasteiger partial charge in [0.05, 0.1) is 6.54 Å². The summed E-state index contributed by atoms with van der Waals surface area (Å²) in [6.07, 6.45) is -4.96. The van der Waals surface area contributed by atoms with Crippen LogP contribution in [0.1, 0.15) is 11.6 Å². The third-order valence-corrected chi connectivity index (χ3v) is 3.24. The van der Waals surface area contributed by atoms with Crippen molar-refractivity contribution in [2.75, 3.05) is 19.6 Å². The molecule has 23 heavy (non-hydrogen) atoms. The summed E-state index contributed by atoms with van der Waals surface area (Å²) < 4.78 is 65.9. The number of hydrogen-bond donors (Lipinski definition) is 2. The van der Waals surface area contributed by atoms with Gasteiger partial charge >= 0.3 is 12.2 Å². The number of nitrogens with one attached hydrogen (secondary N) is 2. The largest absolute Gasteiger partial charge is 0.408 e. The molecule has 1 aliphatic heterocycles. The highest BCUT2D eigenvalue weighted by Crippen LogP contribution is 2.34. The summed E-state index contributed by atoms with van der Waals surface area (Å²) in [5.41, 5.74) is -0.962. The first-order valence-electron chi connectivity index (χ1n) is 6.54. The quantitative estimate of drug-likeness (QED) is 0.823. The minimum absolute atomic E-state index is 0.0321. The summed E-state index contributed by atoms with van der Waals surface area (Å²) in [5, 5.41) is 4.16. The molecule has 1 aromatic rings. The van der Waals surface area contributed by atoms with Crippen molar-refractivity contribution < 1.29 is 31.5 Å². The molecule has 0 radical (unpaired) electrons. The van der Waals surface area contributed by atoms with Crippen molar-refractivity contribution in [3.8, 4) is 0 Å². The van der Waals surface area contributed by atoms with Crippen LogP contribution in [0.25, 0.3) is 0 Å². The Morgan fingerprint density at radius 3 is 2.61 bits per heavy atom. The molecule has 1 aromatic carbocycles. The Morgan fingerprint density at radius 2 is 2.04 bits per heavy atom. The van der Waals surface area contributed by atoms with Gasteiger partial charge in [0, 0.05) is 18.7 Å². The summed E-state index contributed by atoms with van der Waals surface area (Å²) in [4.78, 5) is 23.7. The highest BCUT2D eigenvalue weighted by atomic mass is 19.4. The molecule has 2 N–H and O–H groups in total. The molecule has 126 valence electrons. The van der Waals surface area contributed by atoms with Crippen LogP contribution in [0.2, 0.25) is 0 Å². The van der Waals surface area contributed by atoms with E-state index in [0.717, 1.165) is 17.0 Å². The Bertz CT molecular complexity index is 620. The maximum Gasteiger partial charge on any atom is 0.408 e. The Kier molecular flexibility index (Phi) is 4.83. The van der Waals surface area contributed by atoms with Gasteiger partial charge in [0.1, 0.15) is 6.04 Å². The lowest BCUT2D eigenvalue weighted by Crippen LogP contribution is -2.44. The van der Waals surface area contributed by atoms with Crippen LogP contribution in [0.4, 0.5) is 26.7 Å². The maximum atomic E-state index is 13.6. The van der Waals surface area contributed by atoms with E-state index in [-0.39, 0.29) is 13.1 Å². The summed E-state index contributed by atoms with van der Waals surface area (Å²) in [6.45, 7) is -0.621. The molecule has 0 saturated carbocycles. The number of benzene rings is 1. The normalized spacial score (nSPS) is 16.4. The Hall–Kier alpha value is -2.23. The van der Waals surface area contributed by atoms with Crippen molar-refractivity contribution in [1.29, 1.82) is 0 Å². The molecule has 1 saturated heterocycles. The standard InChI is InChI=1S/C13H12F5N3O2/c14-8-3-1-2-7(10(8)15)11(13(16,17)18)20-6-9(22)21-5-4-19-12(21)23/h1-3,11,20H,4-6H2,(H,19,23)/t11-/m0/s1. The monoisotopic (exact) mass is 337 g/mol. The van der Waals surface area contributed by atoms with Crippen molar-refractivity contribution >= 4 is 11.9 Å². The van der Waals surface area contributed by atoms with Crippen LogP contribution in [-0.2, 0) is 4.79 Å². The number of carbonyl (C=O) groups excluding carboxylic acids is 2. The number of nitrogens with zero attached hydrogens (tertiary/aromatic N) is 1. The van der Waals surface area contributed by atoms with Crippen molar-refractivity contribution in [2.45, 2.75) is 12.2 Å². The van der Waals surface area contributed by atoms with Crippen molar-refractivity contribution in [1.82, 2.24) is 15.5 Å². The lowest BCUT2D eigenvalue weighted by Gasteiger charge is -2.23. The molecule has 1 aliphatic rings. The van der Waals surface area contributed by atoms with E-state index in [1.165, 1.54) is 0 Å². The molecule has 3 amide bonds. The van der Waals surface area contributed by atoms with Crippen LogP contribution >= 0.6 is 0 Å². The number of alkyl halides is 3. The van der Waals surface area contributed by atoms with Crippen LogP contribution in [0.5, 0.6) is 0 Å². The first kappa shape index (κ1) is 17.1. The van der Waals surface area contributed by atoms with E-state index >= 15 is 0 Å². The predicted octanol–water partition coefficient (Wildman–Crippen LogP) is 1.71. The second-order valence-corrected chi connectivity index (χ2v) is 4.78. The molecule has 0 aromatic heterocycles. The molecule has 0 aliphatic carbocycles. The van der Waals surface area contributed by atoms with Gasteiger partial charge in [-0.25, -0.2) is 13.6 Å². The molecule has 2 rings (SSSR count). The van der Waals surface area contributed by atoms with Crippen LogP contribution in [0.15, 0.2) is 18.2 Å². The summed E-state index contributed by atoms with van der Waals surface area (Å²) in [6, 6.07) is -0.892. The van der Waals surface area contributed by atoms with Gasteiger partial charge in [-0.05, 0) is 6.07 Å². The lowest BCUT2D eigenvalue weighted by molar-refractivity contribution is -0.159. The second-order valence-electron chi connectivity index (χ2n) is 4.78. The van der Waals surface area contributed by atoms with Crippen LogP contribution in [0, 0.1) is 11.6 Å². The fraction of sp³-hybridized carbons (Fsp3) is 0.385. The number of carbonyl (C=O) groups is 2. The minimum Gasteiger partial charge on any atom is -0.336 e. The van der Waals surface area contributed by atoms with Crippen molar-refractivity contribution in [3.63, 3.8) is 0 Å². The number of urea groups is 1. The van der Waals surface area contributed by atoms with E-state index in [2.05, 4.69) is 5.32 Å². The molecular formula is C13H12F5N3O2. The highest BCUT2D eigenvalue weighted by molar-refractivity contribution is 5.96. The average Bonchev–Trinajstić information content (AvgIpc) is 2.88. The molecule has 0 unspecified atom stereocenters. The van der Waals surface area contributed by atoms with Crippen LogP contribution < -0.4 is 10.6 Å². The maximum absolute atomic E-state index is 13.6. The van der Waals surface area contributed by atoms with Crippen molar-refractivity contribution in [3.05, 3.63) is 35.4 Å². The summed E-state index contributed by atoms with van der Waals surface area (Å²) in [5.74, 6) is -3.97. The molecule has 0 bridgehead atoms. The summed E-state index contributed by atoms with van der Waals surface area (Å²) in [7, 11) is 0. The van der Waals surface area contributed by atoms with Gasteiger partial charge in [-0.2, -0.15) is 13.2 Å². The minimum atomic E-state index is -4.96. The number of amides is 3. The third-order valence-electron chi connectivity index (χ3n) is 3.24. The van der Waals surface area contributed by atoms with Gasteiger partial charge < -0.3 is 5.32 Å². The van der Waals surface area contributed by atoms with Crippen molar-refractivity contribution in [2.24, 2.45) is 0 Å². The lowest BCUT2D eigenvalue weighted by atomic mass is 10.1. The van der Waals surface area contributed by atoms with E-state index in [4.69, 9.17) is 0 Å². The van der Waals surface area contributed by atoms with E-state index in [0.29, 0.717) is 6.07 Å². The SMILES string of the molecule is O=C(CN[C@@H](c1cccc(F)c1F)C(F)(F)F)N1CCNC1=O. The van der Waals surface area contributed by atoms with Gasteiger partial charge in [-0.3, -0.25) is 15.0 Å². The average molecular weight is 337 g/mol. The highest BCUT2D eigenvalue weighted by Gasteiger charge is 2.43. The smallest absolute Gasteiger partial charge is 0.336 e. The summed E-state index contributed by atoms with van der Waals surface area (Å²) >= 11 is 0. The van der Waals surface area contributed by atoms with E-state index in [9.17, 15) is 31.5 Å².